The van der Waals surface area contributed by atoms with Crippen LogP contribution < -0.4 is 4.74 Å². The molecule has 0 aliphatic heterocycles. The van der Waals surface area contributed by atoms with Crippen molar-refractivity contribution >= 4 is 6.29 Å². The fourth-order valence-corrected chi connectivity index (χ4v) is 2.37. The Morgan fingerprint density at radius 3 is 2.43 bits per heavy atom. The highest BCUT2D eigenvalue weighted by Crippen LogP contribution is 2.28. The number of carbonyl (C=O) groups excluding carboxylic acids is 1. The molecule has 1 unspecified atom stereocenters. The van der Waals surface area contributed by atoms with Gasteiger partial charge in [-0.25, -0.2) is 4.98 Å². The summed E-state index contributed by atoms with van der Waals surface area (Å²) in [5, 5.41) is 0. The van der Waals surface area contributed by atoms with E-state index in [0.717, 1.165) is 23.3 Å². The minimum atomic E-state index is -0.252. The van der Waals surface area contributed by atoms with Gasteiger partial charge in [-0.1, -0.05) is 18.2 Å². The average Bonchev–Trinajstić information content (AvgIpc) is 2.98. The van der Waals surface area contributed by atoms with E-state index in [1.807, 2.05) is 44.2 Å². The third-order valence-corrected chi connectivity index (χ3v) is 3.57. The number of aldehydes is 1. The van der Waals surface area contributed by atoms with Gasteiger partial charge in [-0.2, -0.15) is 0 Å². The maximum atomic E-state index is 10.7. The van der Waals surface area contributed by atoms with Gasteiger partial charge in [0.15, 0.2) is 0 Å². The van der Waals surface area contributed by atoms with E-state index in [4.69, 9.17) is 9.15 Å². The normalized spacial score (nSPS) is 11.9. The maximum absolute atomic E-state index is 10.7. The highest BCUT2D eigenvalue weighted by molar-refractivity contribution is 5.74. The van der Waals surface area contributed by atoms with Gasteiger partial charge in [-0.3, -0.25) is 4.79 Å². The van der Waals surface area contributed by atoms with Crippen molar-refractivity contribution in [3.63, 3.8) is 0 Å². The molecule has 0 aliphatic carbocycles. The first-order chi connectivity index (χ1) is 11.2. The van der Waals surface area contributed by atoms with Crippen LogP contribution in [0.5, 0.6) is 5.75 Å². The lowest BCUT2D eigenvalue weighted by molar-refractivity contribution is 0.112. The SMILES string of the molecule is Cc1oc(-c2ccccc2)nc1C(C)Oc1ccc(C=O)cc1. The molecule has 3 aromatic rings. The summed E-state index contributed by atoms with van der Waals surface area (Å²) in [6.45, 7) is 3.80. The highest BCUT2D eigenvalue weighted by Gasteiger charge is 2.18. The smallest absolute Gasteiger partial charge is 0.226 e. The summed E-state index contributed by atoms with van der Waals surface area (Å²) in [7, 11) is 0. The number of aryl methyl sites for hydroxylation is 1. The molecule has 0 aliphatic rings. The molecule has 1 heterocycles. The van der Waals surface area contributed by atoms with Gasteiger partial charge in [0.2, 0.25) is 5.89 Å². The van der Waals surface area contributed by atoms with E-state index in [9.17, 15) is 4.79 Å². The van der Waals surface area contributed by atoms with Crippen LogP contribution in [0.2, 0.25) is 0 Å². The first kappa shape index (κ1) is 15.0. The van der Waals surface area contributed by atoms with E-state index in [1.165, 1.54) is 0 Å². The first-order valence-corrected chi connectivity index (χ1v) is 7.42. The van der Waals surface area contributed by atoms with Gasteiger partial charge in [-0.15, -0.1) is 0 Å². The topological polar surface area (TPSA) is 52.3 Å². The van der Waals surface area contributed by atoms with E-state index in [2.05, 4.69) is 4.98 Å². The lowest BCUT2D eigenvalue weighted by Crippen LogP contribution is -2.05. The Morgan fingerprint density at radius 1 is 1.09 bits per heavy atom. The zero-order valence-electron chi connectivity index (χ0n) is 13.0. The van der Waals surface area contributed by atoms with Crippen molar-refractivity contribution in [3.8, 4) is 17.2 Å². The number of benzene rings is 2. The molecule has 0 amide bonds. The number of hydrogen-bond donors (Lipinski definition) is 0. The number of rotatable bonds is 5. The molecule has 4 nitrogen and oxygen atoms in total. The Balaban J connectivity index is 1.80. The van der Waals surface area contributed by atoms with Crippen LogP contribution in [-0.2, 0) is 0 Å². The van der Waals surface area contributed by atoms with Crippen molar-refractivity contribution in [2.75, 3.05) is 0 Å². The number of ether oxygens (including phenoxy) is 1. The third kappa shape index (κ3) is 3.31. The van der Waals surface area contributed by atoms with Crippen molar-refractivity contribution in [2.24, 2.45) is 0 Å². The van der Waals surface area contributed by atoms with Crippen LogP contribution in [0.15, 0.2) is 59.0 Å². The molecular weight excluding hydrogens is 290 g/mol. The van der Waals surface area contributed by atoms with Crippen molar-refractivity contribution < 1.29 is 13.9 Å². The van der Waals surface area contributed by atoms with Crippen LogP contribution in [-0.4, -0.2) is 11.3 Å². The summed E-state index contributed by atoms with van der Waals surface area (Å²) >= 11 is 0. The largest absolute Gasteiger partial charge is 0.484 e. The first-order valence-electron chi connectivity index (χ1n) is 7.42. The van der Waals surface area contributed by atoms with Gasteiger partial charge in [0.05, 0.1) is 0 Å². The Bertz CT molecular complexity index is 791. The van der Waals surface area contributed by atoms with Gasteiger partial charge < -0.3 is 9.15 Å². The Kier molecular flexibility index (Phi) is 4.24. The van der Waals surface area contributed by atoms with Crippen molar-refractivity contribution in [1.29, 1.82) is 0 Å². The highest BCUT2D eigenvalue weighted by atomic mass is 16.5. The second kappa shape index (κ2) is 6.48. The van der Waals surface area contributed by atoms with Crippen molar-refractivity contribution in [2.45, 2.75) is 20.0 Å². The molecule has 0 spiro atoms. The molecule has 4 heteroatoms. The zero-order valence-corrected chi connectivity index (χ0v) is 13.0. The summed E-state index contributed by atoms with van der Waals surface area (Å²) in [6, 6.07) is 16.8. The molecule has 2 aromatic carbocycles. The van der Waals surface area contributed by atoms with E-state index in [0.29, 0.717) is 17.2 Å². The minimum absolute atomic E-state index is 0.252. The second-order valence-corrected chi connectivity index (χ2v) is 5.27. The summed E-state index contributed by atoms with van der Waals surface area (Å²) in [4.78, 5) is 15.2. The predicted molar refractivity (Wildman–Crippen MR) is 87.5 cm³/mol. The lowest BCUT2D eigenvalue weighted by atomic mass is 10.2. The predicted octanol–water partition coefficient (Wildman–Crippen LogP) is 4.60. The number of aromatic nitrogens is 1. The van der Waals surface area contributed by atoms with Gasteiger partial charge in [0, 0.05) is 11.1 Å². The number of hydrogen-bond acceptors (Lipinski definition) is 4. The molecule has 3 rings (SSSR count). The molecule has 0 radical (unpaired) electrons. The number of nitrogens with zero attached hydrogens (tertiary/aromatic N) is 1. The molecule has 0 bridgehead atoms. The molecule has 0 fully saturated rings. The quantitative estimate of drug-likeness (QED) is 0.646. The van der Waals surface area contributed by atoms with Crippen molar-refractivity contribution in [3.05, 3.63) is 71.6 Å². The van der Waals surface area contributed by atoms with E-state index in [1.54, 1.807) is 24.3 Å². The summed E-state index contributed by atoms with van der Waals surface area (Å²) in [5.74, 6) is 2.01. The monoisotopic (exact) mass is 307 g/mol. The second-order valence-electron chi connectivity index (χ2n) is 5.27. The van der Waals surface area contributed by atoms with Gasteiger partial charge in [0.25, 0.3) is 0 Å². The molecule has 1 atom stereocenters. The number of oxazole rings is 1. The van der Waals surface area contributed by atoms with Crippen LogP contribution >= 0.6 is 0 Å². The van der Waals surface area contributed by atoms with Gasteiger partial charge >= 0.3 is 0 Å². The van der Waals surface area contributed by atoms with Crippen LogP contribution in [0.4, 0.5) is 0 Å². The van der Waals surface area contributed by atoms with Gasteiger partial charge in [0.1, 0.15) is 29.6 Å². The fraction of sp³-hybridized carbons (Fsp3) is 0.158. The molecular formula is C19H17NO3. The molecule has 116 valence electrons. The molecule has 23 heavy (non-hydrogen) atoms. The molecule has 0 N–H and O–H groups in total. The Morgan fingerprint density at radius 2 is 1.78 bits per heavy atom. The minimum Gasteiger partial charge on any atom is -0.484 e. The Labute approximate surface area is 134 Å². The maximum Gasteiger partial charge on any atom is 0.226 e. The standard InChI is InChI=1S/C19H17NO3/c1-13(22-17-10-8-15(12-21)9-11-17)18-14(2)23-19(20-18)16-6-4-3-5-7-16/h3-13H,1-2H3. The fourth-order valence-electron chi connectivity index (χ4n) is 2.37. The average molecular weight is 307 g/mol. The van der Waals surface area contributed by atoms with Crippen LogP contribution in [0.1, 0.15) is 34.8 Å². The summed E-state index contributed by atoms with van der Waals surface area (Å²) in [6.07, 6.45) is 0.555. The lowest BCUT2D eigenvalue weighted by Gasteiger charge is -2.12. The molecule has 1 aromatic heterocycles. The van der Waals surface area contributed by atoms with Crippen molar-refractivity contribution in [1.82, 2.24) is 4.98 Å². The molecule has 0 saturated heterocycles. The number of carbonyl (C=O) groups is 1. The summed E-state index contributed by atoms with van der Waals surface area (Å²) in [5.41, 5.74) is 2.32. The third-order valence-electron chi connectivity index (χ3n) is 3.57. The summed E-state index contributed by atoms with van der Waals surface area (Å²) < 4.78 is 11.7. The van der Waals surface area contributed by atoms with E-state index < -0.39 is 0 Å². The van der Waals surface area contributed by atoms with E-state index >= 15 is 0 Å². The Hall–Kier alpha value is -2.88. The van der Waals surface area contributed by atoms with Gasteiger partial charge in [-0.05, 0) is 50.2 Å². The zero-order chi connectivity index (χ0) is 16.2. The van der Waals surface area contributed by atoms with Crippen LogP contribution in [0.25, 0.3) is 11.5 Å². The van der Waals surface area contributed by atoms with E-state index in [-0.39, 0.29) is 6.10 Å². The molecule has 0 saturated carbocycles. The van der Waals surface area contributed by atoms with Crippen LogP contribution in [0, 0.1) is 6.92 Å². The van der Waals surface area contributed by atoms with Crippen LogP contribution in [0.3, 0.4) is 0 Å².